The van der Waals surface area contributed by atoms with Gasteiger partial charge < -0.3 is 10.1 Å². The summed E-state index contributed by atoms with van der Waals surface area (Å²) >= 11 is 1.71. The molecule has 66 valence electrons. The van der Waals surface area contributed by atoms with Crippen LogP contribution < -0.4 is 5.32 Å². The van der Waals surface area contributed by atoms with E-state index in [4.69, 9.17) is 4.74 Å². The number of rotatable bonds is 6. The molecule has 0 rings (SSSR count). The Kier molecular flexibility index (Phi) is 8.38. The third-order valence-corrected chi connectivity index (χ3v) is 1.53. The summed E-state index contributed by atoms with van der Waals surface area (Å²) in [6.07, 6.45) is 2.25. The molecule has 4 heteroatoms. The molecule has 0 aromatic heterocycles. The summed E-state index contributed by atoms with van der Waals surface area (Å²) in [4.78, 5) is 10.4. The lowest BCUT2D eigenvalue weighted by Crippen LogP contribution is -2.21. The number of carbonyl (C=O) groups is 1. The van der Waals surface area contributed by atoms with Crippen LogP contribution in [0.2, 0.25) is 0 Å². The SMILES string of the molecule is CCCCOCCNC(=O)I. The zero-order chi connectivity index (χ0) is 8.53. The standard InChI is InChI=1S/C7H14INO2/c1-2-3-5-11-6-4-9-7(8)10/h2-6H2,1H3,(H,9,10). The van der Waals surface area contributed by atoms with Gasteiger partial charge in [0.2, 0.25) is 0 Å². The van der Waals surface area contributed by atoms with Crippen molar-refractivity contribution in [2.24, 2.45) is 0 Å². The molecule has 0 spiro atoms. The normalized spacial score (nSPS) is 9.64. The molecule has 0 aliphatic rings. The van der Waals surface area contributed by atoms with Gasteiger partial charge in [0.15, 0.2) is 0 Å². The summed E-state index contributed by atoms with van der Waals surface area (Å²) in [5.41, 5.74) is 0. The number of halogens is 1. The molecular weight excluding hydrogens is 257 g/mol. The molecule has 0 atom stereocenters. The summed E-state index contributed by atoms with van der Waals surface area (Å²) in [7, 11) is 0. The Bertz CT molecular complexity index is 109. The highest BCUT2D eigenvalue weighted by atomic mass is 127. The zero-order valence-electron chi connectivity index (χ0n) is 6.73. The van der Waals surface area contributed by atoms with Crippen LogP contribution in [-0.2, 0) is 4.74 Å². The van der Waals surface area contributed by atoms with Crippen LogP contribution in [0.15, 0.2) is 0 Å². The van der Waals surface area contributed by atoms with E-state index in [1.807, 2.05) is 0 Å². The summed E-state index contributed by atoms with van der Waals surface area (Å²) in [6, 6.07) is 0. The first-order valence-corrected chi connectivity index (χ1v) is 4.86. The number of hydrogen-bond acceptors (Lipinski definition) is 2. The Balaban J connectivity index is 2.85. The molecule has 0 radical (unpaired) electrons. The Morgan fingerprint density at radius 1 is 1.55 bits per heavy atom. The average molecular weight is 271 g/mol. The summed E-state index contributed by atoms with van der Waals surface area (Å²) in [5, 5.41) is 2.65. The highest BCUT2D eigenvalue weighted by molar-refractivity contribution is 14.1. The van der Waals surface area contributed by atoms with Crippen LogP contribution in [0, 0.1) is 0 Å². The van der Waals surface area contributed by atoms with Gasteiger partial charge in [-0.2, -0.15) is 0 Å². The van der Waals surface area contributed by atoms with Crippen molar-refractivity contribution in [3.05, 3.63) is 0 Å². The first-order chi connectivity index (χ1) is 5.27. The van der Waals surface area contributed by atoms with E-state index in [2.05, 4.69) is 12.2 Å². The van der Waals surface area contributed by atoms with Gasteiger partial charge in [0.1, 0.15) is 0 Å². The van der Waals surface area contributed by atoms with Crippen molar-refractivity contribution in [2.45, 2.75) is 19.8 Å². The minimum atomic E-state index is -0.0262. The monoisotopic (exact) mass is 271 g/mol. The fraction of sp³-hybridized carbons (Fsp3) is 0.857. The molecular formula is C7H14INO2. The number of ether oxygens (including phenoxy) is 1. The number of unbranched alkanes of at least 4 members (excludes halogenated alkanes) is 1. The van der Waals surface area contributed by atoms with Gasteiger partial charge >= 0.3 is 0 Å². The Labute approximate surface area is 81.0 Å². The topological polar surface area (TPSA) is 38.3 Å². The third kappa shape index (κ3) is 10.2. The van der Waals surface area contributed by atoms with E-state index >= 15 is 0 Å². The smallest absolute Gasteiger partial charge is 0.280 e. The maximum atomic E-state index is 10.4. The highest BCUT2D eigenvalue weighted by Crippen LogP contribution is 1.87. The number of hydrogen-bond donors (Lipinski definition) is 1. The molecule has 0 aromatic rings. The van der Waals surface area contributed by atoms with Gasteiger partial charge in [0.05, 0.1) is 6.61 Å². The lowest BCUT2D eigenvalue weighted by molar-refractivity contribution is 0.134. The quantitative estimate of drug-likeness (QED) is 0.347. The van der Waals surface area contributed by atoms with Gasteiger partial charge in [-0.05, 0) is 6.42 Å². The van der Waals surface area contributed by atoms with Crippen LogP contribution in [0.1, 0.15) is 19.8 Å². The van der Waals surface area contributed by atoms with Crippen molar-refractivity contribution in [1.82, 2.24) is 5.32 Å². The number of carbonyl (C=O) groups excluding carboxylic acids is 1. The average Bonchev–Trinajstić information content (AvgIpc) is 1.96. The van der Waals surface area contributed by atoms with Crippen LogP contribution in [0.4, 0.5) is 4.79 Å². The first-order valence-electron chi connectivity index (χ1n) is 3.78. The molecule has 0 aliphatic carbocycles. The van der Waals surface area contributed by atoms with Crippen molar-refractivity contribution in [3.8, 4) is 0 Å². The van der Waals surface area contributed by atoms with E-state index in [1.165, 1.54) is 0 Å². The molecule has 1 N–H and O–H groups in total. The minimum Gasteiger partial charge on any atom is -0.380 e. The minimum absolute atomic E-state index is 0.0262. The molecule has 0 aromatic carbocycles. The lowest BCUT2D eigenvalue weighted by Gasteiger charge is -2.02. The van der Waals surface area contributed by atoms with Crippen molar-refractivity contribution < 1.29 is 9.53 Å². The van der Waals surface area contributed by atoms with Gasteiger partial charge in [0, 0.05) is 35.7 Å². The van der Waals surface area contributed by atoms with E-state index in [-0.39, 0.29) is 3.91 Å². The van der Waals surface area contributed by atoms with Crippen LogP contribution in [0.25, 0.3) is 0 Å². The zero-order valence-corrected chi connectivity index (χ0v) is 8.89. The maximum Gasteiger partial charge on any atom is 0.280 e. The molecule has 0 bridgehead atoms. The van der Waals surface area contributed by atoms with Gasteiger partial charge in [-0.25, -0.2) is 0 Å². The highest BCUT2D eigenvalue weighted by Gasteiger charge is 1.91. The second-order valence-corrected chi connectivity index (χ2v) is 3.15. The molecule has 1 amide bonds. The van der Waals surface area contributed by atoms with Crippen molar-refractivity contribution >= 4 is 26.5 Å². The largest absolute Gasteiger partial charge is 0.380 e. The molecule has 0 fully saturated rings. The summed E-state index contributed by atoms with van der Waals surface area (Å²) in [6.45, 7) is 4.16. The van der Waals surface area contributed by atoms with Crippen molar-refractivity contribution in [2.75, 3.05) is 19.8 Å². The van der Waals surface area contributed by atoms with E-state index in [0.29, 0.717) is 13.2 Å². The fourth-order valence-corrected chi connectivity index (χ4v) is 0.840. The second-order valence-electron chi connectivity index (χ2n) is 2.17. The Hall–Kier alpha value is 0.160. The van der Waals surface area contributed by atoms with Crippen LogP contribution in [0.3, 0.4) is 0 Å². The van der Waals surface area contributed by atoms with Crippen molar-refractivity contribution in [1.29, 1.82) is 0 Å². The summed E-state index contributed by atoms with van der Waals surface area (Å²) in [5.74, 6) is 0. The Morgan fingerprint density at radius 3 is 2.82 bits per heavy atom. The van der Waals surface area contributed by atoms with E-state index < -0.39 is 0 Å². The van der Waals surface area contributed by atoms with Gasteiger partial charge in [-0.15, -0.1) is 0 Å². The van der Waals surface area contributed by atoms with Gasteiger partial charge in [0.25, 0.3) is 3.91 Å². The second kappa shape index (κ2) is 8.26. The lowest BCUT2D eigenvalue weighted by atomic mass is 10.4. The van der Waals surface area contributed by atoms with Crippen molar-refractivity contribution in [3.63, 3.8) is 0 Å². The predicted molar refractivity (Wildman–Crippen MR) is 53.1 cm³/mol. The first kappa shape index (κ1) is 11.2. The molecule has 0 saturated carbocycles. The van der Waals surface area contributed by atoms with Gasteiger partial charge in [-0.1, -0.05) is 13.3 Å². The van der Waals surface area contributed by atoms with Gasteiger partial charge in [-0.3, -0.25) is 4.79 Å². The van der Waals surface area contributed by atoms with Crippen LogP contribution in [0.5, 0.6) is 0 Å². The van der Waals surface area contributed by atoms with E-state index in [1.54, 1.807) is 22.6 Å². The molecule has 11 heavy (non-hydrogen) atoms. The van der Waals surface area contributed by atoms with Crippen LogP contribution in [-0.4, -0.2) is 23.7 Å². The predicted octanol–water partition coefficient (Wildman–Crippen LogP) is 1.95. The van der Waals surface area contributed by atoms with E-state index in [9.17, 15) is 4.79 Å². The molecule has 0 aliphatic heterocycles. The molecule has 0 saturated heterocycles. The molecule has 3 nitrogen and oxygen atoms in total. The van der Waals surface area contributed by atoms with E-state index in [0.717, 1.165) is 19.4 Å². The summed E-state index contributed by atoms with van der Waals surface area (Å²) < 4.78 is 5.18. The maximum absolute atomic E-state index is 10.4. The van der Waals surface area contributed by atoms with Crippen LogP contribution >= 0.6 is 22.6 Å². The number of nitrogens with one attached hydrogen (secondary N) is 1. The fourth-order valence-electron chi connectivity index (χ4n) is 0.570. The Morgan fingerprint density at radius 2 is 2.27 bits per heavy atom. The molecule has 0 heterocycles. The number of amides is 1. The molecule has 0 unspecified atom stereocenters. The third-order valence-electron chi connectivity index (χ3n) is 1.15.